The van der Waals surface area contributed by atoms with Crippen molar-refractivity contribution >= 4 is 47.8 Å². The van der Waals surface area contributed by atoms with Gasteiger partial charge in [-0.05, 0) is 17.7 Å². The zero-order valence-corrected chi connectivity index (χ0v) is 15.3. The normalized spacial score (nSPS) is 15.0. The molecule has 7 heteroatoms. The Morgan fingerprint density at radius 1 is 1.23 bits per heavy atom. The summed E-state index contributed by atoms with van der Waals surface area (Å²) in [6.45, 7) is 5.36. The molecule has 0 unspecified atom stereocenters. The van der Waals surface area contributed by atoms with Gasteiger partial charge in [0.1, 0.15) is 0 Å². The Morgan fingerprint density at radius 2 is 2.00 bits per heavy atom. The molecule has 0 radical (unpaired) electrons. The first kappa shape index (κ1) is 19.7. The van der Waals surface area contributed by atoms with Crippen LogP contribution in [0.3, 0.4) is 0 Å². The highest BCUT2D eigenvalue weighted by Gasteiger charge is 2.12. The predicted molar refractivity (Wildman–Crippen MR) is 99.0 cm³/mol. The Bertz CT molecular complexity index is 571. The van der Waals surface area contributed by atoms with Gasteiger partial charge in [0, 0.05) is 49.5 Å². The van der Waals surface area contributed by atoms with Crippen molar-refractivity contribution in [2.45, 2.75) is 13.0 Å². The van der Waals surface area contributed by atoms with Crippen molar-refractivity contribution < 1.29 is 0 Å². The van der Waals surface area contributed by atoms with E-state index in [2.05, 4.69) is 21.7 Å². The molecule has 1 aromatic heterocycles. The van der Waals surface area contributed by atoms with Crippen molar-refractivity contribution in [1.29, 1.82) is 0 Å². The fraction of sp³-hybridized carbons (Fsp3) is 0.400. The zero-order chi connectivity index (χ0) is 13.8. The second kappa shape index (κ2) is 9.71. The molecule has 1 aliphatic heterocycles. The Balaban J connectivity index is 0.00000121. The van der Waals surface area contributed by atoms with E-state index in [9.17, 15) is 0 Å². The molecule has 3 rings (SSSR count). The minimum absolute atomic E-state index is 0. The van der Waals surface area contributed by atoms with Crippen molar-refractivity contribution in [2.75, 3.05) is 26.2 Å². The van der Waals surface area contributed by atoms with Crippen LogP contribution in [0.5, 0.6) is 0 Å². The van der Waals surface area contributed by atoms with Crippen molar-refractivity contribution in [1.82, 2.24) is 15.2 Å². The molecule has 122 valence electrons. The molecule has 0 atom stereocenters. The van der Waals surface area contributed by atoms with Gasteiger partial charge in [-0.15, -0.1) is 36.2 Å². The summed E-state index contributed by atoms with van der Waals surface area (Å²) >= 11 is 7.76. The van der Waals surface area contributed by atoms with Crippen molar-refractivity contribution in [3.63, 3.8) is 0 Å². The number of thiazole rings is 1. The molecule has 3 nitrogen and oxygen atoms in total. The molecular weight excluding hydrogens is 361 g/mol. The molecule has 0 aliphatic carbocycles. The minimum Gasteiger partial charge on any atom is -0.314 e. The molecule has 2 aromatic rings. The topological polar surface area (TPSA) is 28.2 Å². The van der Waals surface area contributed by atoms with Gasteiger partial charge in [-0.3, -0.25) is 4.90 Å². The predicted octanol–water partition coefficient (Wildman–Crippen LogP) is 3.64. The third kappa shape index (κ3) is 5.69. The fourth-order valence-corrected chi connectivity index (χ4v) is 3.45. The lowest BCUT2D eigenvalue weighted by Gasteiger charge is -2.26. The summed E-state index contributed by atoms with van der Waals surface area (Å²) in [6.07, 6.45) is 0.868. The molecular formula is C15H20Cl3N3S. The third-order valence-electron chi connectivity index (χ3n) is 3.44. The fourth-order valence-electron chi connectivity index (χ4n) is 2.42. The monoisotopic (exact) mass is 379 g/mol. The largest absolute Gasteiger partial charge is 0.314 e. The summed E-state index contributed by atoms with van der Waals surface area (Å²) in [4.78, 5) is 7.20. The maximum absolute atomic E-state index is 6.02. The maximum Gasteiger partial charge on any atom is 0.0972 e. The van der Waals surface area contributed by atoms with Gasteiger partial charge in [-0.1, -0.05) is 23.7 Å². The number of hydrogen-bond acceptors (Lipinski definition) is 4. The van der Waals surface area contributed by atoms with E-state index in [-0.39, 0.29) is 24.8 Å². The van der Waals surface area contributed by atoms with Crippen LogP contribution >= 0.6 is 47.8 Å². The van der Waals surface area contributed by atoms with Crippen molar-refractivity contribution in [3.8, 4) is 0 Å². The number of nitrogens with one attached hydrogen (secondary N) is 1. The van der Waals surface area contributed by atoms with Gasteiger partial charge in [-0.25, -0.2) is 4.98 Å². The zero-order valence-electron chi connectivity index (χ0n) is 12.1. The first-order valence-electron chi connectivity index (χ1n) is 6.90. The van der Waals surface area contributed by atoms with E-state index in [1.54, 1.807) is 11.3 Å². The molecule has 1 saturated heterocycles. The summed E-state index contributed by atoms with van der Waals surface area (Å²) in [5.74, 6) is 0. The molecule has 1 fully saturated rings. The van der Waals surface area contributed by atoms with Crippen LogP contribution < -0.4 is 5.32 Å². The van der Waals surface area contributed by atoms with Crippen LogP contribution in [0.2, 0.25) is 5.02 Å². The van der Waals surface area contributed by atoms with E-state index < -0.39 is 0 Å². The standard InChI is InChI=1S/C15H18ClN3S.2ClH/c16-13-3-1-2-12(8-13)9-15-18-14(11-20-15)10-19-6-4-17-5-7-19;;/h1-3,8,11,17H,4-7,9-10H2;2*1H. The average Bonchev–Trinajstić information content (AvgIpc) is 2.87. The number of halogens is 3. The van der Waals surface area contributed by atoms with Gasteiger partial charge < -0.3 is 5.32 Å². The van der Waals surface area contributed by atoms with E-state index in [0.717, 1.165) is 49.2 Å². The van der Waals surface area contributed by atoms with Crippen LogP contribution in [0.25, 0.3) is 0 Å². The molecule has 2 heterocycles. The van der Waals surface area contributed by atoms with Gasteiger partial charge in [-0.2, -0.15) is 0 Å². The van der Waals surface area contributed by atoms with Crippen LogP contribution in [0.4, 0.5) is 0 Å². The SMILES string of the molecule is Cl.Cl.Clc1cccc(Cc2nc(CN3CCNCC3)cs2)c1. The van der Waals surface area contributed by atoms with Gasteiger partial charge in [0.25, 0.3) is 0 Å². The third-order valence-corrected chi connectivity index (χ3v) is 4.57. The summed E-state index contributed by atoms with van der Waals surface area (Å²) in [5, 5.41) is 7.51. The first-order valence-corrected chi connectivity index (χ1v) is 8.16. The van der Waals surface area contributed by atoms with Gasteiger partial charge in [0.05, 0.1) is 10.7 Å². The van der Waals surface area contributed by atoms with Gasteiger partial charge in [0.15, 0.2) is 0 Å². The number of aromatic nitrogens is 1. The highest BCUT2D eigenvalue weighted by molar-refractivity contribution is 7.09. The van der Waals surface area contributed by atoms with Crippen molar-refractivity contribution in [3.05, 3.63) is 50.9 Å². The number of nitrogens with zero attached hydrogens (tertiary/aromatic N) is 2. The molecule has 1 aromatic carbocycles. The summed E-state index contributed by atoms with van der Waals surface area (Å²) < 4.78 is 0. The number of benzene rings is 1. The van der Waals surface area contributed by atoms with Gasteiger partial charge in [0.2, 0.25) is 0 Å². The molecule has 22 heavy (non-hydrogen) atoms. The van der Waals surface area contributed by atoms with E-state index in [4.69, 9.17) is 16.6 Å². The maximum atomic E-state index is 6.02. The highest BCUT2D eigenvalue weighted by atomic mass is 35.5. The number of piperazine rings is 1. The van der Waals surface area contributed by atoms with Crippen LogP contribution in [0, 0.1) is 0 Å². The quantitative estimate of drug-likeness (QED) is 0.878. The lowest BCUT2D eigenvalue weighted by Crippen LogP contribution is -2.42. The Morgan fingerprint density at radius 3 is 2.73 bits per heavy atom. The second-order valence-corrected chi connectivity index (χ2v) is 6.44. The molecule has 0 amide bonds. The number of hydrogen-bond donors (Lipinski definition) is 1. The van der Waals surface area contributed by atoms with E-state index in [1.165, 1.54) is 11.3 Å². The Labute approximate surface area is 152 Å². The lowest BCUT2D eigenvalue weighted by atomic mass is 10.2. The van der Waals surface area contributed by atoms with E-state index in [1.807, 2.05) is 18.2 Å². The van der Waals surface area contributed by atoms with Crippen LogP contribution in [0.15, 0.2) is 29.6 Å². The molecule has 1 N–H and O–H groups in total. The highest BCUT2D eigenvalue weighted by Crippen LogP contribution is 2.18. The lowest BCUT2D eigenvalue weighted by molar-refractivity contribution is 0.231. The molecule has 1 aliphatic rings. The van der Waals surface area contributed by atoms with E-state index in [0.29, 0.717) is 0 Å². The van der Waals surface area contributed by atoms with Crippen LogP contribution in [-0.4, -0.2) is 36.1 Å². The molecule has 0 spiro atoms. The average molecular weight is 381 g/mol. The van der Waals surface area contributed by atoms with Gasteiger partial charge >= 0.3 is 0 Å². The van der Waals surface area contributed by atoms with Crippen molar-refractivity contribution in [2.24, 2.45) is 0 Å². The van der Waals surface area contributed by atoms with Crippen LogP contribution in [-0.2, 0) is 13.0 Å². The molecule has 0 bridgehead atoms. The summed E-state index contributed by atoms with van der Waals surface area (Å²) in [6, 6.07) is 8.01. The Kier molecular flexibility index (Phi) is 8.69. The summed E-state index contributed by atoms with van der Waals surface area (Å²) in [7, 11) is 0. The smallest absolute Gasteiger partial charge is 0.0972 e. The summed E-state index contributed by atoms with van der Waals surface area (Å²) in [5.41, 5.74) is 2.41. The number of rotatable bonds is 4. The molecule has 0 saturated carbocycles. The second-order valence-electron chi connectivity index (χ2n) is 5.07. The van der Waals surface area contributed by atoms with Crippen LogP contribution in [0.1, 0.15) is 16.3 Å². The Hall–Kier alpha value is -0.360. The van der Waals surface area contributed by atoms with E-state index >= 15 is 0 Å². The minimum atomic E-state index is 0. The first-order chi connectivity index (χ1) is 9.79.